The minimum Gasteiger partial charge on any atom is -0.456 e. The Kier molecular flexibility index (Phi) is 5.90. The Morgan fingerprint density at radius 1 is 0.279 bits per heavy atom. The lowest BCUT2D eigenvalue weighted by Gasteiger charge is -2.14. The van der Waals surface area contributed by atoms with Crippen molar-refractivity contribution in [3.63, 3.8) is 0 Å². The third kappa shape index (κ3) is 4.08. The van der Waals surface area contributed by atoms with Gasteiger partial charge in [-0.05, 0) is 103 Å². The molecule has 15 aromatic rings. The van der Waals surface area contributed by atoms with Crippen molar-refractivity contribution in [1.82, 2.24) is 4.40 Å². The lowest BCUT2D eigenvalue weighted by molar-refractivity contribution is 0.669. The quantitative estimate of drug-likeness (QED) is 0.175. The number of hydrogen-bond donors (Lipinski definition) is 0. The van der Waals surface area contributed by atoms with Gasteiger partial charge in [-0.25, -0.2) is 0 Å². The van der Waals surface area contributed by atoms with Crippen LogP contribution < -0.4 is 0 Å². The van der Waals surface area contributed by atoms with Gasteiger partial charge in [0.25, 0.3) is 0 Å². The van der Waals surface area contributed by atoms with E-state index in [1.807, 2.05) is 0 Å². The van der Waals surface area contributed by atoms with Gasteiger partial charge in [0.05, 0.1) is 16.6 Å². The zero-order valence-electron chi connectivity index (χ0n) is 32.7. The number of aromatic nitrogens is 1. The molecule has 4 aromatic heterocycles. The molecule has 3 nitrogen and oxygen atoms in total. The van der Waals surface area contributed by atoms with Gasteiger partial charge in [0.2, 0.25) is 0 Å². The maximum atomic E-state index is 6.67. The molecule has 0 unspecified atom stereocenters. The van der Waals surface area contributed by atoms with Crippen LogP contribution in [0.3, 0.4) is 0 Å². The van der Waals surface area contributed by atoms with Crippen molar-refractivity contribution in [2.75, 3.05) is 0 Å². The van der Waals surface area contributed by atoms with Gasteiger partial charge in [0, 0.05) is 54.2 Å². The highest BCUT2D eigenvalue weighted by atomic mass is 16.3. The first-order chi connectivity index (χ1) is 30.2. The van der Waals surface area contributed by atoms with E-state index in [9.17, 15) is 0 Å². The second-order valence-corrected chi connectivity index (χ2v) is 16.7. The molecule has 0 saturated heterocycles. The lowest BCUT2D eigenvalue weighted by Crippen LogP contribution is -1.89. The SMILES string of the molecule is c1ccc2cc3c(cc2c1)oc1cccc(-c2c4ccccc4cc4c2c2cccc5c6c(-c7cccc8oc9cc%10ccccc%10cc9c78)c7ccccc7cc6n4c25)c13. The fraction of sp³-hybridized carbons (Fsp3) is 0. The molecule has 0 atom stereocenters. The molecule has 0 saturated carbocycles. The third-order valence-corrected chi connectivity index (χ3v) is 13.6. The zero-order valence-corrected chi connectivity index (χ0v) is 32.7. The van der Waals surface area contributed by atoms with Gasteiger partial charge < -0.3 is 13.2 Å². The van der Waals surface area contributed by atoms with Crippen molar-refractivity contribution >= 4 is 125 Å². The number of hydrogen-bond acceptors (Lipinski definition) is 2. The number of benzene rings is 11. The summed E-state index contributed by atoms with van der Waals surface area (Å²) in [4.78, 5) is 0. The van der Waals surface area contributed by atoms with E-state index >= 15 is 0 Å². The Labute approximate surface area is 347 Å². The number of furan rings is 2. The fourth-order valence-electron chi connectivity index (χ4n) is 11.1. The summed E-state index contributed by atoms with van der Waals surface area (Å²) in [6, 6.07) is 68.8. The van der Waals surface area contributed by atoms with Crippen molar-refractivity contribution in [1.29, 1.82) is 0 Å². The van der Waals surface area contributed by atoms with Crippen molar-refractivity contribution < 1.29 is 8.83 Å². The minimum absolute atomic E-state index is 0.899. The highest BCUT2D eigenvalue weighted by molar-refractivity contribution is 6.35. The van der Waals surface area contributed by atoms with Gasteiger partial charge in [-0.3, -0.25) is 0 Å². The van der Waals surface area contributed by atoms with Gasteiger partial charge in [-0.15, -0.1) is 0 Å². The molecule has 61 heavy (non-hydrogen) atoms. The van der Waals surface area contributed by atoms with E-state index in [0.717, 1.165) is 43.9 Å². The first-order valence-electron chi connectivity index (χ1n) is 21.0. The summed E-state index contributed by atoms with van der Waals surface area (Å²) in [5, 5.41) is 19.2. The second kappa shape index (κ2) is 11.3. The Morgan fingerprint density at radius 2 is 0.672 bits per heavy atom. The summed E-state index contributed by atoms with van der Waals surface area (Å²) < 4.78 is 15.9. The summed E-state index contributed by atoms with van der Waals surface area (Å²) in [7, 11) is 0. The standard InChI is InChI=1S/C58H31NO2/c1-3-14-34-30-50-44(26-32(34)12-1)52-40(20-10-24-48(52)60-50)54-38-18-7-5-16-36(38)28-46-56(54)42-22-9-23-43-57-47(59(46)58(42)43)29-37-17-6-8-19-39(37)55(57)41-21-11-25-49-53(41)45-27-33-13-2-4-15-35(33)31-51(45)61-49/h1-31H. The Morgan fingerprint density at radius 3 is 1.15 bits per heavy atom. The molecule has 0 N–H and O–H groups in total. The van der Waals surface area contributed by atoms with Crippen molar-refractivity contribution in [2.24, 2.45) is 0 Å². The van der Waals surface area contributed by atoms with Crippen molar-refractivity contribution in [3.05, 3.63) is 188 Å². The number of nitrogens with zero attached hydrogens (tertiary/aromatic N) is 1. The largest absolute Gasteiger partial charge is 0.456 e. The lowest BCUT2D eigenvalue weighted by atomic mass is 9.89. The van der Waals surface area contributed by atoms with Crippen LogP contribution in [0.15, 0.2) is 197 Å². The van der Waals surface area contributed by atoms with Crippen LogP contribution in [0.1, 0.15) is 0 Å². The summed E-state index contributed by atoms with van der Waals surface area (Å²) in [6.07, 6.45) is 0. The molecule has 11 aromatic carbocycles. The van der Waals surface area contributed by atoms with Crippen LogP contribution in [0.4, 0.5) is 0 Å². The first kappa shape index (κ1) is 31.8. The molecule has 3 heteroatoms. The van der Waals surface area contributed by atoms with Gasteiger partial charge in [-0.1, -0.05) is 140 Å². The predicted molar refractivity (Wildman–Crippen MR) is 257 cm³/mol. The van der Waals surface area contributed by atoms with Crippen LogP contribution in [0.5, 0.6) is 0 Å². The molecule has 0 amide bonds. The van der Waals surface area contributed by atoms with E-state index in [-0.39, 0.29) is 0 Å². The summed E-state index contributed by atoms with van der Waals surface area (Å²) in [5.41, 5.74) is 12.1. The first-order valence-corrected chi connectivity index (χ1v) is 21.0. The molecule has 0 aliphatic heterocycles. The zero-order chi connectivity index (χ0) is 39.5. The highest BCUT2D eigenvalue weighted by Crippen LogP contribution is 2.52. The van der Waals surface area contributed by atoms with E-state index in [1.165, 1.54) is 103 Å². The van der Waals surface area contributed by atoms with Crippen LogP contribution in [0.2, 0.25) is 0 Å². The molecule has 0 spiro atoms. The fourth-order valence-corrected chi connectivity index (χ4v) is 11.1. The van der Waals surface area contributed by atoms with Crippen LogP contribution >= 0.6 is 0 Å². The number of rotatable bonds is 2. The maximum absolute atomic E-state index is 6.67. The average molecular weight is 774 g/mol. The summed E-state index contributed by atoms with van der Waals surface area (Å²) >= 11 is 0. The van der Waals surface area contributed by atoms with Crippen molar-refractivity contribution in [3.8, 4) is 22.3 Å². The molecule has 15 rings (SSSR count). The molecule has 4 heterocycles. The van der Waals surface area contributed by atoms with Crippen LogP contribution in [0, 0.1) is 0 Å². The molecular formula is C58H31NO2. The van der Waals surface area contributed by atoms with E-state index in [4.69, 9.17) is 8.83 Å². The maximum Gasteiger partial charge on any atom is 0.136 e. The number of para-hydroxylation sites is 1. The average Bonchev–Trinajstić information content (AvgIpc) is 4.05. The molecular weight excluding hydrogens is 743 g/mol. The monoisotopic (exact) mass is 773 g/mol. The molecule has 0 aliphatic rings. The van der Waals surface area contributed by atoms with E-state index in [2.05, 4.69) is 192 Å². The van der Waals surface area contributed by atoms with Crippen LogP contribution in [-0.2, 0) is 0 Å². The number of fused-ring (bicyclic) bond motifs is 16. The predicted octanol–water partition coefficient (Wildman–Crippen LogP) is 16.6. The summed E-state index contributed by atoms with van der Waals surface area (Å²) in [5.74, 6) is 0. The van der Waals surface area contributed by atoms with E-state index < -0.39 is 0 Å². The molecule has 0 radical (unpaired) electrons. The van der Waals surface area contributed by atoms with Crippen molar-refractivity contribution in [2.45, 2.75) is 0 Å². The van der Waals surface area contributed by atoms with Crippen LogP contribution in [-0.4, -0.2) is 4.40 Å². The molecule has 0 aliphatic carbocycles. The van der Waals surface area contributed by atoms with Gasteiger partial charge in [0.15, 0.2) is 0 Å². The van der Waals surface area contributed by atoms with Crippen LogP contribution in [0.25, 0.3) is 147 Å². The van der Waals surface area contributed by atoms with Gasteiger partial charge >= 0.3 is 0 Å². The highest BCUT2D eigenvalue weighted by Gasteiger charge is 2.27. The Balaban J connectivity index is 1.12. The smallest absolute Gasteiger partial charge is 0.136 e. The molecule has 0 fully saturated rings. The summed E-state index contributed by atoms with van der Waals surface area (Å²) in [6.45, 7) is 0. The Bertz CT molecular complexity index is 4130. The molecule has 280 valence electrons. The van der Waals surface area contributed by atoms with E-state index in [1.54, 1.807) is 0 Å². The van der Waals surface area contributed by atoms with Gasteiger partial charge in [-0.2, -0.15) is 0 Å². The topological polar surface area (TPSA) is 30.7 Å². The second-order valence-electron chi connectivity index (χ2n) is 16.7. The molecule has 0 bridgehead atoms. The Hall–Kier alpha value is -8.14. The van der Waals surface area contributed by atoms with Gasteiger partial charge in [0.1, 0.15) is 22.3 Å². The van der Waals surface area contributed by atoms with E-state index in [0.29, 0.717) is 0 Å². The third-order valence-electron chi connectivity index (χ3n) is 13.6. The normalized spacial score (nSPS) is 12.6. The minimum atomic E-state index is 0.899.